The molecule has 0 amide bonds. The Morgan fingerprint density at radius 2 is 2.07 bits per heavy atom. The quantitative estimate of drug-likeness (QED) is 0.748. The second-order valence-electron chi connectivity index (χ2n) is 7.03. The molecule has 4 heterocycles. The van der Waals surface area contributed by atoms with Crippen molar-refractivity contribution in [3.8, 4) is 0 Å². The normalized spacial score (nSPS) is 17.6. The number of rotatable bonds is 5. The van der Waals surface area contributed by atoms with Gasteiger partial charge in [-0.05, 0) is 50.1 Å². The number of piperidine rings is 1. The van der Waals surface area contributed by atoms with Gasteiger partial charge in [-0.15, -0.1) is 0 Å². The average molecular weight is 360 g/mol. The van der Waals surface area contributed by atoms with Crippen LogP contribution in [0, 0.1) is 6.92 Å². The van der Waals surface area contributed by atoms with Gasteiger partial charge in [0.2, 0.25) is 0 Å². The first kappa shape index (κ1) is 17.5. The molecule has 0 bridgehead atoms. The van der Waals surface area contributed by atoms with E-state index in [0.29, 0.717) is 5.92 Å². The van der Waals surface area contributed by atoms with Crippen molar-refractivity contribution in [1.82, 2.24) is 24.8 Å². The van der Waals surface area contributed by atoms with Gasteiger partial charge in [-0.3, -0.25) is 9.88 Å². The van der Waals surface area contributed by atoms with Crippen LogP contribution in [0.4, 0.5) is 11.6 Å². The lowest BCUT2D eigenvalue weighted by Crippen LogP contribution is -2.34. The second-order valence-corrected chi connectivity index (χ2v) is 7.03. The molecule has 1 aliphatic rings. The molecule has 0 saturated carbocycles. The summed E-state index contributed by atoms with van der Waals surface area (Å²) < 4.78 is 0. The minimum absolute atomic E-state index is 0.347. The van der Waals surface area contributed by atoms with Gasteiger partial charge in [0, 0.05) is 49.4 Å². The minimum atomic E-state index is 0.347. The summed E-state index contributed by atoms with van der Waals surface area (Å²) in [4.78, 5) is 20.5. The highest BCUT2D eigenvalue weighted by atomic mass is 15.1. The fourth-order valence-electron chi connectivity index (χ4n) is 3.57. The third-order valence-electron chi connectivity index (χ3n) is 4.79. The Morgan fingerprint density at radius 3 is 2.89 bits per heavy atom. The topological polar surface area (TPSA) is 66.8 Å². The maximum absolute atomic E-state index is 4.79. The number of likely N-dealkylation sites (tertiary alicyclic amines) is 1. The molecule has 1 aliphatic heterocycles. The fraction of sp³-hybridized carbons (Fsp3) is 0.333. The molecule has 3 aromatic rings. The number of hydrogen-bond donors (Lipinski definition) is 1. The summed E-state index contributed by atoms with van der Waals surface area (Å²) in [6.07, 6.45) is 7.82. The van der Waals surface area contributed by atoms with E-state index in [1.807, 2.05) is 49.6 Å². The molecule has 4 rings (SSSR count). The van der Waals surface area contributed by atoms with E-state index in [-0.39, 0.29) is 0 Å². The number of aryl methyl sites for hydroxylation is 1. The average Bonchev–Trinajstić information content (AvgIpc) is 2.69. The van der Waals surface area contributed by atoms with Gasteiger partial charge in [-0.1, -0.05) is 12.1 Å². The molecule has 138 valence electrons. The Morgan fingerprint density at radius 1 is 1.11 bits per heavy atom. The van der Waals surface area contributed by atoms with Crippen molar-refractivity contribution >= 4 is 11.6 Å². The molecule has 6 nitrogen and oxygen atoms in total. The summed E-state index contributed by atoms with van der Waals surface area (Å²) in [5.41, 5.74) is 2.23. The summed E-state index contributed by atoms with van der Waals surface area (Å²) >= 11 is 0. The van der Waals surface area contributed by atoms with Crippen LogP contribution in [0.5, 0.6) is 0 Å². The highest BCUT2D eigenvalue weighted by Gasteiger charge is 2.24. The van der Waals surface area contributed by atoms with E-state index in [1.54, 1.807) is 6.20 Å². The second kappa shape index (κ2) is 8.22. The Hall–Kier alpha value is -2.86. The molecule has 1 atom stereocenters. The molecule has 6 heteroatoms. The first-order valence-electron chi connectivity index (χ1n) is 9.41. The molecule has 1 fully saturated rings. The van der Waals surface area contributed by atoms with Crippen molar-refractivity contribution in [2.24, 2.45) is 0 Å². The molecule has 27 heavy (non-hydrogen) atoms. The van der Waals surface area contributed by atoms with E-state index in [4.69, 9.17) is 9.97 Å². The fourth-order valence-corrected chi connectivity index (χ4v) is 3.57. The van der Waals surface area contributed by atoms with Crippen LogP contribution < -0.4 is 5.32 Å². The maximum Gasteiger partial charge on any atom is 0.135 e. The zero-order valence-corrected chi connectivity index (χ0v) is 15.5. The van der Waals surface area contributed by atoms with Gasteiger partial charge in [0.25, 0.3) is 0 Å². The molecule has 1 saturated heterocycles. The minimum Gasteiger partial charge on any atom is -0.325 e. The predicted octanol–water partition coefficient (Wildman–Crippen LogP) is 3.70. The van der Waals surface area contributed by atoms with E-state index in [0.717, 1.165) is 55.6 Å². The van der Waals surface area contributed by atoms with Gasteiger partial charge >= 0.3 is 0 Å². The lowest BCUT2D eigenvalue weighted by Gasteiger charge is -2.32. The standard InChI is InChI=1S/C21H24N6/c1-16-12-20(25-19-8-2-3-10-23-19)26-21(24-16)18-7-5-11-27(15-18)14-17-6-4-9-22-13-17/h2-4,6,8-10,12-13,18H,5,7,11,14-15H2,1H3,(H,23,24,25,26). The number of pyridine rings is 2. The summed E-state index contributed by atoms with van der Waals surface area (Å²) in [6, 6.07) is 11.9. The SMILES string of the molecule is Cc1cc(Nc2ccccn2)nc(C2CCCN(Cc3cccnc3)C2)n1. The molecule has 0 radical (unpaired) electrons. The van der Waals surface area contributed by atoms with E-state index in [2.05, 4.69) is 26.3 Å². The van der Waals surface area contributed by atoms with Gasteiger partial charge in [0.1, 0.15) is 17.5 Å². The molecule has 0 aromatic carbocycles. The number of hydrogen-bond acceptors (Lipinski definition) is 6. The van der Waals surface area contributed by atoms with Crippen LogP contribution in [0.1, 0.15) is 35.8 Å². The van der Waals surface area contributed by atoms with Crippen molar-refractivity contribution in [1.29, 1.82) is 0 Å². The van der Waals surface area contributed by atoms with Gasteiger partial charge in [-0.25, -0.2) is 15.0 Å². The van der Waals surface area contributed by atoms with Crippen molar-refractivity contribution in [3.05, 3.63) is 72.1 Å². The van der Waals surface area contributed by atoms with Crippen LogP contribution in [-0.4, -0.2) is 37.9 Å². The van der Waals surface area contributed by atoms with E-state index < -0.39 is 0 Å². The lowest BCUT2D eigenvalue weighted by atomic mass is 9.96. The summed E-state index contributed by atoms with van der Waals surface area (Å²) in [7, 11) is 0. The Balaban J connectivity index is 1.48. The smallest absolute Gasteiger partial charge is 0.135 e. The van der Waals surface area contributed by atoms with Crippen molar-refractivity contribution in [2.75, 3.05) is 18.4 Å². The first-order valence-corrected chi connectivity index (χ1v) is 9.41. The molecule has 1 unspecified atom stereocenters. The van der Waals surface area contributed by atoms with Crippen LogP contribution in [0.25, 0.3) is 0 Å². The Kier molecular flexibility index (Phi) is 5.34. The van der Waals surface area contributed by atoms with Crippen LogP contribution in [0.3, 0.4) is 0 Å². The molecular weight excluding hydrogens is 336 g/mol. The van der Waals surface area contributed by atoms with Crippen LogP contribution >= 0.6 is 0 Å². The third kappa shape index (κ3) is 4.65. The first-order chi connectivity index (χ1) is 13.3. The number of nitrogens with one attached hydrogen (secondary N) is 1. The van der Waals surface area contributed by atoms with Gasteiger partial charge in [0.05, 0.1) is 0 Å². The van der Waals surface area contributed by atoms with Crippen molar-refractivity contribution in [3.63, 3.8) is 0 Å². The molecular formula is C21H24N6. The maximum atomic E-state index is 4.79. The van der Waals surface area contributed by atoms with Crippen molar-refractivity contribution < 1.29 is 0 Å². The van der Waals surface area contributed by atoms with Crippen molar-refractivity contribution in [2.45, 2.75) is 32.2 Å². The van der Waals surface area contributed by atoms with Gasteiger partial charge in [0.15, 0.2) is 0 Å². The van der Waals surface area contributed by atoms with E-state index in [9.17, 15) is 0 Å². The zero-order chi connectivity index (χ0) is 18.5. The zero-order valence-electron chi connectivity index (χ0n) is 15.5. The van der Waals surface area contributed by atoms with Crippen LogP contribution in [0.2, 0.25) is 0 Å². The molecule has 0 aliphatic carbocycles. The van der Waals surface area contributed by atoms with Crippen LogP contribution in [-0.2, 0) is 6.54 Å². The highest BCUT2D eigenvalue weighted by Crippen LogP contribution is 2.27. The van der Waals surface area contributed by atoms with Crippen LogP contribution in [0.15, 0.2) is 55.0 Å². The lowest BCUT2D eigenvalue weighted by molar-refractivity contribution is 0.196. The summed E-state index contributed by atoms with van der Waals surface area (Å²) in [5, 5.41) is 3.29. The Labute approximate surface area is 159 Å². The summed E-state index contributed by atoms with van der Waals surface area (Å²) in [6.45, 7) is 5.03. The van der Waals surface area contributed by atoms with Gasteiger partial charge in [-0.2, -0.15) is 0 Å². The predicted molar refractivity (Wildman–Crippen MR) is 106 cm³/mol. The van der Waals surface area contributed by atoms with E-state index >= 15 is 0 Å². The molecule has 3 aromatic heterocycles. The van der Waals surface area contributed by atoms with E-state index in [1.165, 1.54) is 5.56 Å². The van der Waals surface area contributed by atoms with Gasteiger partial charge < -0.3 is 5.32 Å². The highest BCUT2D eigenvalue weighted by molar-refractivity contribution is 5.51. The summed E-state index contributed by atoms with van der Waals surface area (Å²) in [5.74, 6) is 2.87. The monoisotopic (exact) mass is 360 g/mol. The number of nitrogens with zero attached hydrogens (tertiary/aromatic N) is 5. The number of aromatic nitrogens is 4. The third-order valence-corrected chi connectivity index (χ3v) is 4.79. The molecule has 0 spiro atoms. The molecule has 1 N–H and O–H groups in total. The number of anilines is 2. The Bertz CT molecular complexity index is 868. The largest absolute Gasteiger partial charge is 0.325 e.